The lowest BCUT2D eigenvalue weighted by Gasteiger charge is -2.12. The Kier molecular flexibility index (Phi) is 7.66. The van der Waals surface area contributed by atoms with Crippen LogP contribution in [0.5, 0.6) is 0 Å². The number of benzene rings is 1. The molecule has 1 rings (SSSR count). The Morgan fingerprint density at radius 1 is 1.21 bits per heavy atom. The van der Waals surface area contributed by atoms with Gasteiger partial charge in [-0.1, -0.05) is 19.4 Å². The molecule has 0 spiro atoms. The van der Waals surface area contributed by atoms with Crippen LogP contribution in [-0.4, -0.2) is 38.6 Å². The molecule has 0 aliphatic heterocycles. The van der Waals surface area contributed by atoms with Crippen LogP contribution < -0.4 is 15.4 Å². The molecule has 0 saturated heterocycles. The second-order valence-electron chi connectivity index (χ2n) is 5.25. The summed E-state index contributed by atoms with van der Waals surface area (Å²) in [6, 6.07) is 3.85. The van der Waals surface area contributed by atoms with Gasteiger partial charge in [0.15, 0.2) is 0 Å². The van der Waals surface area contributed by atoms with Gasteiger partial charge in [0.1, 0.15) is 0 Å². The summed E-state index contributed by atoms with van der Waals surface area (Å²) in [7, 11) is -3.64. The zero-order valence-electron chi connectivity index (χ0n) is 13.8. The summed E-state index contributed by atoms with van der Waals surface area (Å²) >= 11 is 0. The third-order valence-electron chi connectivity index (χ3n) is 3.21. The molecule has 1 aromatic rings. The molecular weight excluding hydrogens is 334 g/mol. The van der Waals surface area contributed by atoms with Gasteiger partial charge in [0.05, 0.1) is 11.3 Å². The Bertz CT molecular complexity index is 688. The molecule has 1 aromatic carbocycles. The van der Waals surface area contributed by atoms with Gasteiger partial charge in [0, 0.05) is 18.8 Å². The second kappa shape index (κ2) is 9.24. The largest absolute Gasteiger partial charge is 0.481 e. The highest BCUT2D eigenvalue weighted by molar-refractivity contribution is 7.89. The number of unbranched alkanes of at least 4 members (excludes halogenated alkanes) is 1. The van der Waals surface area contributed by atoms with Crippen molar-refractivity contribution in [2.75, 3.05) is 18.4 Å². The van der Waals surface area contributed by atoms with Crippen molar-refractivity contribution in [3.63, 3.8) is 0 Å². The lowest BCUT2D eigenvalue weighted by Crippen LogP contribution is -2.31. The fourth-order valence-corrected chi connectivity index (χ4v) is 2.92. The molecule has 0 saturated carbocycles. The van der Waals surface area contributed by atoms with Crippen LogP contribution in [-0.2, 0) is 14.8 Å². The fourth-order valence-electron chi connectivity index (χ4n) is 1.82. The van der Waals surface area contributed by atoms with Gasteiger partial charge in [-0.2, -0.15) is 0 Å². The normalized spacial score (nSPS) is 11.1. The van der Waals surface area contributed by atoms with Gasteiger partial charge in [-0.05, 0) is 31.0 Å². The highest BCUT2D eigenvalue weighted by Crippen LogP contribution is 2.20. The SMILES string of the molecule is CCCCNS(=O)(=O)c1ccc(C)c(NC(=O)NCCC(=O)O)c1. The summed E-state index contributed by atoms with van der Waals surface area (Å²) in [6.45, 7) is 4.03. The van der Waals surface area contributed by atoms with Crippen molar-refractivity contribution < 1.29 is 23.1 Å². The summed E-state index contributed by atoms with van der Waals surface area (Å²) < 4.78 is 26.9. The zero-order valence-corrected chi connectivity index (χ0v) is 14.6. The minimum absolute atomic E-state index is 0.0171. The minimum Gasteiger partial charge on any atom is -0.481 e. The van der Waals surface area contributed by atoms with E-state index in [1.165, 1.54) is 12.1 Å². The first-order valence-corrected chi connectivity index (χ1v) is 9.11. The summed E-state index contributed by atoms with van der Waals surface area (Å²) in [5.41, 5.74) is 1.04. The first-order chi connectivity index (χ1) is 11.3. The van der Waals surface area contributed by atoms with Gasteiger partial charge in [0.2, 0.25) is 10.0 Å². The average Bonchev–Trinajstić information content (AvgIpc) is 2.49. The van der Waals surface area contributed by atoms with E-state index in [0.717, 1.165) is 12.8 Å². The van der Waals surface area contributed by atoms with E-state index in [9.17, 15) is 18.0 Å². The minimum atomic E-state index is -3.64. The summed E-state index contributed by atoms with van der Waals surface area (Å²) in [5.74, 6) is -1.02. The number of aryl methyl sites for hydroxylation is 1. The van der Waals surface area contributed by atoms with Gasteiger partial charge in [-0.15, -0.1) is 0 Å². The number of carboxylic acids is 1. The number of anilines is 1. The Morgan fingerprint density at radius 2 is 1.92 bits per heavy atom. The second-order valence-corrected chi connectivity index (χ2v) is 7.02. The first kappa shape index (κ1) is 19.9. The predicted molar refractivity (Wildman–Crippen MR) is 90.5 cm³/mol. The van der Waals surface area contributed by atoms with E-state index < -0.39 is 22.0 Å². The number of sulfonamides is 1. The number of carboxylic acid groups (broad SMARTS) is 1. The number of hydrogen-bond acceptors (Lipinski definition) is 4. The van der Waals surface area contributed by atoms with E-state index in [2.05, 4.69) is 15.4 Å². The number of nitrogens with one attached hydrogen (secondary N) is 3. The Balaban J connectivity index is 2.78. The molecule has 0 bridgehead atoms. The smallest absolute Gasteiger partial charge is 0.319 e. The van der Waals surface area contributed by atoms with Crippen LogP contribution in [0.25, 0.3) is 0 Å². The molecular formula is C15H23N3O5S. The Labute approximate surface area is 141 Å². The van der Waals surface area contributed by atoms with Crippen LogP contribution in [0.3, 0.4) is 0 Å². The average molecular weight is 357 g/mol. The Morgan fingerprint density at radius 3 is 2.54 bits per heavy atom. The van der Waals surface area contributed by atoms with Crippen molar-refractivity contribution in [2.45, 2.75) is 38.0 Å². The molecule has 0 unspecified atom stereocenters. The maximum Gasteiger partial charge on any atom is 0.319 e. The molecule has 0 aliphatic carbocycles. The van der Waals surface area contributed by atoms with E-state index in [1.807, 2.05) is 6.92 Å². The number of carbonyl (C=O) groups is 2. The maximum absolute atomic E-state index is 12.2. The van der Waals surface area contributed by atoms with Crippen molar-refractivity contribution in [2.24, 2.45) is 0 Å². The van der Waals surface area contributed by atoms with E-state index in [1.54, 1.807) is 13.0 Å². The molecule has 9 heteroatoms. The van der Waals surface area contributed by atoms with Crippen molar-refractivity contribution in [1.82, 2.24) is 10.0 Å². The van der Waals surface area contributed by atoms with Crippen molar-refractivity contribution in [1.29, 1.82) is 0 Å². The van der Waals surface area contributed by atoms with Crippen LogP contribution in [0.15, 0.2) is 23.1 Å². The van der Waals surface area contributed by atoms with E-state index in [0.29, 0.717) is 17.8 Å². The number of rotatable bonds is 9. The monoisotopic (exact) mass is 357 g/mol. The molecule has 134 valence electrons. The van der Waals surface area contributed by atoms with Gasteiger partial charge in [-0.25, -0.2) is 17.9 Å². The fraction of sp³-hybridized carbons (Fsp3) is 0.467. The van der Waals surface area contributed by atoms with Gasteiger partial charge in [-0.3, -0.25) is 4.79 Å². The molecule has 2 amide bonds. The van der Waals surface area contributed by atoms with Gasteiger partial charge >= 0.3 is 12.0 Å². The molecule has 0 fully saturated rings. The number of aliphatic carboxylic acids is 1. The van der Waals surface area contributed by atoms with Crippen LogP contribution in [0.1, 0.15) is 31.7 Å². The number of hydrogen-bond donors (Lipinski definition) is 4. The number of urea groups is 1. The highest BCUT2D eigenvalue weighted by Gasteiger charge is 2.15. The third kappa shape index (κ3) is 6.55. The molecule has 0 atom stereocenters. The molecule has 8 nitrogen and oxygen atoms in total. The van der Waals surface area contributed by atoms with Crippen molar-refractivity contribution >= 4 is 27.7 Å². The van der Waals surface area contributed by atoms with Crippen molar-refractivity contribution in [3.8, 4) is 0 Å². The van der Waals surface area contributed by atoms with E-state index >= 15 is 0 Å². The molecule has 0 aromatic heterocycles. The van der Waals surface area contributed by atoms with E-state index in [-0.39, 0.29) is 17.9 Å². The Hall–Kier alpha value is -2.13. The standard InChI is InChI=1S/C15H23N3O5S/c1-3-4-8-17-24(22,23)12-6-5-11(2)13(10-12)18-15(21)16-9-7-14(19)20/h5-6,10,17H,3-4,7-9H2,1-2H3,(H,19,20)(H2,16,18,21). The molecule has 0 heterocycles. The molecule has 24 heavy (non-hydrogen) atoms. The summed E-state index contributed by atoms with van der Waals surface area (Å²) in [6.07, 6.45) is 1.42. The quantitative estimate of drug-likeness (QED) is 0.500. The molecule has 0 radical (unpaired) electrons. The van der Waals surface area contributed by atoms with Gasteiger partial charge in [0.25, 0.3) is 0 Å². The third-order valence-corrected chi connectivity index (χ3v) is 4.67. The van der Waals surface area contributed by atoms with Crippen LogP contribution in [0, 0.1) is 6.92 Å². The highest BCUT2D eigenvalue weighted by atomic mass is 32.2. The topological polar surface area (TPSA) is 125 Å². The van der Waals surface area contributed by atoms with Crippen LogP contribution >= 0.6 is 0 Å². The van der Waals surface area contributed by atoms with Gasteiger partial charge < -0.3 is 15.7 Å². The van der Waals surface area contributed by atoms with Crippen LogP contribution in [0.4, 0.5) is 10.5 Å². The predicted octanol–water partition coefficient (Wildman–Crippen LogP) is 1.67. The number of carbonyl (C=O) groups excluding carboxylic acids is 1. The zero-order chi connectivity index (χ0) is 18.2. The molecule has 4 N–H and O–H groups in total. The van der Waals surface area contributed by atoms with Crippen LogP contribution in [0.2, 0.25) is 0 Å². The lowest BCUT2D eigenvalue weighted by molar-refractivity contribution is -0.136. The van der Waals surface area contributed by atoms with E-state index in [4.69, 9.17) is 5.11 Å². The lowest BCUT2D eigenvalue weighted by atomic mass is 10.2. The first-order valence-electron chi connectivity index (χ1n) is 7.63. The maximum atomic E-state index is 12.2. The summed E-state index contributed by atoms with van der Waals surface area (Å²) in [4.78, 5) is 22.2. The van der Waals surface area contributed by atoms with Crippen molar-refractivity contribution in [3.05, 3.63) is 23.8 Å². The summed E-state index contributed by atoms with van der Waals surface area (Å²) in [5, 5.41) is 13.5. The molecule has 0 aliphatic rings. The number of amides is 2.